The van der Waals surface area contributed by atoms with E-state index in [-0.39, 0.29) is 17.3 Å². The first-order chi connectivity index (χ1) is 12.4. The maximum Gasteiger partial charge on any atom is 0.390 e. The number of hydrogen-bond acceptors (Lipinski definition) is 7. The van der Waals surface area contributed by atoms with Gasteiger partial charge in [0, 0.05) is 12.6 Å². The highest BCUT2D eigenvalue weighted by Crippen LogP contribution is 2.32. The van der Waals surface area contributed by atoms with E-state index in [0.717, 1.165) is 6.21 Å². The monoisotopic (exact) mass is 357 g/mol. The quantitative estimate of drug-likeness (QED) is 0.424. The molecule has 0 radical (unpaired) electrons. The smallest absolute Gasteiger partial charge is 0.390 e. The van der Waals surface area contributed by atoms with Gasteiger partial charge in [0.05, 0.1) is 18.7 Å². The van der Waals surface area contributed by atoms with Crippen LogP contribution in [0.25, 0.3) is 11.0 Å². The minimum Gasteiger partial charge on any atom is -0.496 e. The van der Waals surface area contributed by atoms with Gasteiger partial charge in [-0.2, -0.15) is 5.10 Å². The molecule has 2 heterocycles. The van der Waals surface area contributed by atoms with Gasteiger partial charge >= 0.3 is 11.7 Å². The molecule has 0 aliphatic rings. The number of fused-ring (bicyclic) bond motifs is 1. The zero-order valence-corrected chi connectivity index (χ0v) is 14.2. The number of imidazole rings is 1. The maximum atomic E-state index is 12.4. The van der Waals surface area contributed by atoms with Crippen LogP contribution in [0.1, 0.15) is 21.8 Å². The number of hydrazone groups is 1. The van der Waals surface area contributed by atoms with Crippen LogP contribution in [0.2, 0.25) is 0 Å². The fourth-order valence-corrected chi connectivity index (χ4v) is 2.57. The lowest BCUT2D eigenvalue weighted by molar-refractivity contribution is -0.389. The second kappa shape index (κ2) is 6.67. The standard InChI is InChI=1S/C16H15N5O5/c1-9-13-11(25-3)5-4-6-12(13)26-14(9)16(22)19-18-7-10-15(21(23)24)17-8-20(10)2/h4-8H,1-3H3,(H,19,22)/b18-7+. The van der Waals surface area contributed by atoms with E-state index in [4.69, 9.17) is 9.15 Å². The number of carbonyl (C=O) groups excluding carboxylic acids is 1. The number of amides is 1. The van der Waals surface area contributed by atoms with Crippen LogP contribution in [0.3, 0.4) is 0 Å². The number of ether oxygens (including phenoxy) is 1. The van der Waals surface area contributed by atoms with Gasteiger partial charge in [-0.15, -0.1) is 0 Å². The lowest BCUT2D eigenvalue weighted by Gasteiger charge is -2.00. The highest BCUT2D eigenvalue weighted by molar-refractivity contribution is 6.01. The van der Waals surface area contributed by atoms with Crippen molar-refractivity contribution in [3.8, 4) is 5.75 Å². The third kappa shape index (κ3) is 2.88. The first kappa shape index (κ1) is 17.1. The Morgan fingerprint density at radius 1 is 1.50 bits per heavy atom. The zero-order valence-electron chi connectivity index (χ0n) is 14.2. The molecule has 134 valence electrons. The van der Waals surface area contributed by atoms with E-state index in [0.29, 0.717) is 22.3 Å². The van der Waals surface area contributed by atoms with Gasteiger partial charge in [-0.3, -0.25) is 4.79 Å². The second-order valence-corrected chi connectivity index (χ2v) is 5.41. The molecule has 3 aromatic rings. The van der Waals surface area contributed by atoms with Crippen molar-refractivity contribution >= 4 is 28.9 Å². The van der Waals surface area contributed by atoms with Crippen molar-refractivity contribution in [1.29, 1.82) is 0 Å². The molecule has 0 saturated carbocycles. The third-order valence-corrected chi connectivity index (χ3v) is 3.83. The summed E-state index contributed by atoms with van der Waals surface area (Å²) in [5.41, 5.74) is 3.57. The molecular weight excluding hydrogens is 342 g/mol. The summed E-state index contributed by atoms with van der Waals surface area (Å²) in [5.74, 6) is -0.255. The lowest BCUT2D eigenvalue weighted by atomic mass is 10.1. The summed E-state index contributed by atoms with van der Waals surface area (Å²) < 4.78 is 12.3. The van der Waals surface area contributed by atoms with Gasteiger partial charge in [0.1, 0.15) is 11.3 Å². The molecule has 3 rings (SSSR count). The molecule has 10 heteroatoms. The van der Waals surface area contributed by atoms with Crippen LogP contribution < -0.4 is 10.2 Å². The molecule has 0 atom stereocenters. The lowest BCUT2D eigenvalue weighted by Crippen LogP contribution is -2.18. The zero-order chi connectivity index (χ0) is 18.8. The number of benzene rings is 1. The van der Waals surface area contributed by atoms with Gasteiger partial charge in [0.2, 0.25) is 6.33 Å². The second-order valence-electron chi connectivity index (χ2n) is 5.41. The van der Waals surface area contributed by atoms with Crippen molar-refractivity contribution in [1.82, 2.24) is 15.0 Å². The number of carbonyl (C=O) groups is 1. The Morgan fingerprint density at radius 2 is 2.27 bits per heavy atom. The third-order valence-electron chi connectivity index (χ3n) is 3.83. The van der Waals surface area contributed by atoms with Crippen LogP contribution in [0, 0.1) is 17.0 Å². The van der Waals surface area contributed by atoms with Crippen LogP contribution in [-0.2, 0) is 7.05 Å². The van der Waals surface area contributed by atoms with Gasteiger partial charge in [0.25, 0.3) is 0 Å². The number of aromatic nitrogens is 2. The Hall–Kier alpha value is -3.69. The van der Waals surface area contributed by atoms with Crippen LogP contribution >= 0.6 is 0 Å². The maximum absolute atomic E-state index is 12.4. The fourth-order valence-electron chi connectivity index (χ4n) is 2.57. The minimum atomic E-state index is -0.626. The van der Waals surface area contributed by atoms with E-state index < -0.39 is 10.8 Å². The van der Waals surface area contributed by atoms with Gasteiger partial charge < -0.3 is 23.8 Å². The Morgan fingerprint density at radius 3 is 2.96 bits per heavy atom. The van der Waals surface area contributed by atoms with Crippen LogP contribution in [-0.4, -0.2) is 33.7 Å². The topological polar surface area (TPSA) is 125 Å². The number of nitrogens with one attached hydrogen (secondary N) is 1. The summed E-state index contributed by atoms with van der Waals surface area (Å²) >= 11 is 0. The first-order valence-electron chi connectivity index (χ1n) is 7.49. The molecule has 0 unspecified atom stereocenters. The van der Waals surface area contributed by atoms with Crippen molar-refractivity contribution in [2.75, 3.05) is 7.11 Å². The van der Waals surface area contributed by atoms with Crippen LogP contribution in [0.4, 0.5) is 5.82 Å². The van der Waals surface area contributed by atoms with Gasteiger partial charge in [0.15, 0.2) is 11.5 Å². The van der Waals surface area contributed by atoms with Crippen molar-refractivity contribution in [2.24, 2.45) is 12.1 Å². The molecular formula is C16H15N5O5. The molecule has 0 bridgehead atoms. The number of nitro groups is 1. The van der Waals surface area contributed by atoms with Gasteiger partial charge in [-0.05, 0) is 29.0 Å². The molecule has 2 aromatic heterocycles. The van der Waals surface area contributed by atoms with E-state index in [2.05, 4.69) is 15.5 Å². The van der Waals surface area contributed by atoms with Crippen molar-refractivity contribution < 1.29 is 18.9 Å². The van der Waals surface area contributed by atoms with E-state index in [1.807, 2.05) is 0 Å². The molecule has 0 spiro atoms. The van der Waals surface area contributed by atoms with Gasteiger partial charge in [-0.1, -0.05) is 6.07 Å². The summed E-state index contributed by atoms with van der Waals surface area (Å²) in [7, 11) is 3.12. The summed E-state index contributed by atoms with van der Waals surface area (Å²) in [6, 6.07) is 5.25. The molecule has 0 aliphatic heterocycles. The number of hydrogen-bond donors (Lipinski definition) is 1. The number of methoxy groups -OCH3 is 1. The molecule has 1 aromatic carbocycles. The summed E-state index contributed by atoms with van der Waals surface area (Å²) in [5, 5.41) is 15.4. The van der Waals surface area contributed by atoms with Crippen molar-refractivity contribution in [3.05, 3.63) is 51.7 Å². The van der Waals surface area contributed by atoms with E-state index >= 15 is 0 Å². The first-order valence-corrected chi connectivity index (χ1v) is 7.49. The number of aryl methyl sites for hydroxylation is 2. The molecule has 1 amide bonds. The molecule has 0 fully saturated rings. The van der Waals surface area contributed by atoms with E-state index in [1.54, 1.807) is 32.2 Å². The number of rotatable bonds is 5. The van der Waals surface area contributed by atoms with Crippen molar-refractivity contribution in [3.63, 3.8) is 0 Å². The minimum absolute atomic E-state index is 0.0844. The Labute approximate surface area is 147 Å². The SMILES string of the molecule is COc1cccc2oc(C(=O)N/N=C/c3c([N+](=O)[O-])ncn3C)c(C)c12. The number of furan rings is 1. The van der Waals surface area contributed by atoms with E-state index in [1.165, 1.54) is 18.0 Å². The predicted octanol–water partition coefficient (Wildman–Crippen LogP) is 2.16. The average Bonchev–Trinajstić information content (AvgIpc) is 3.15. The van der Waals surface area contributed by atoms with E-state index in [9.17, 15) is 14.9 Å². The number of nitrogens with zero attached hydrogens (tertiary/aromatic N) is 4. The molecule has 1 N–H and O–H groups in total. The predicted molar refractivity (Wildman–Crippen MR) is 92.4 cm³/mol. The molecule has 10 nitrogen and oxygen atoms in total. The highest BCUT2D eigenvalue weighted by Gasteiger charge is 2.21. The molecule has 26 heavy (non-hydrogen) atoms. The Balaban J connectivity index is 1.86. The molecule has 0 saturated heterocycles. The van der Waals surface area contributed by atoms with Crippen LogP contribution in [0.5, 0.6) is 5.75 Å². The van der Waals surface area contributed by atoms with Gasteiger partial charge in [-0.25, -0.2) is 5.43 Å². The largest absolute Gasteiger partial charge is 0.496 e. The Kier molecular flexibility index (Phi) is 4.40. The van der Waals surface area contributed by atoms with Crippen molar-refractivity contribution in [2.45, 2.75) is 6.92 Å². The summed E-state index contributed by atoms with van der Waals surface area (Å²) in [6.07, 6.45) is 2.44. The highest BCUT2D eigenvalue weighted by atomic mass is 16.6. The summed E-state index contributed by atoms with van der Waals surface area (Å²) in [4.78, 5) is 26.3. The molecule has 0 aliphatic carbocycles. The average molecular weight is 357 g/mol. The van der Waals surface area contributed by atoms with Crippen LogP contribution in [0.15, 0.2) is 34.0 Å². The normalized spacial score (nSPS) is 11.2. The Bertz CT molecular complexity index is 1030. The fraction of sp³-hybridized carbons (Fsp3) is 0.188. The summed E-state index contributed by atoms with van der Waals surface area (Å²) in [6.45, 7) is 1.74.